The van der Waals surface area contributed by atoms with E-state index in [2.05, 4.69) is 10.2 Å². The number of hydrogen-bond acceptors (Lipinski definition) is 4. The van der Waals surface area contributed by atoms with Gasteiger partial charge in [0.15, 0.2) is 0 Å². The molecule has 23 heavy (non-hydrogen) atoms. The Kier molecular flexibility index (Phi) is 6.25. The molecule has 0 radical (unpaired) electrons. The van der Waals surface area contributed by atoms with Crippen molar-refractivity contribution >= 4 is 11.6 Å². The second-order valence-corrected chi connectivity index (χ2v) is 6.61. The highest BCUT2D eigenvalue weighted by atomic mass is 35.5. The maximum atomic E-state index is 13.1. The molecule has 2 heterocycles. The lowest BCUT2D eigenvalue weighted by atomic mass is 9.96. The minimum absolute atomic E-state index is 0.298. The number of rotatable bonds is 6. The first kappa shape index (κ1) is 17.1. The van der Waals surface area contributed by atoms with E-state index >= 15 is 0 Å². The summed E-state index contributed by atoms with van der Waals surface area (Å²) in [6, 6.07) is 5.00. The third-order valence-corrected chi connectivity index (χ3v) is 5.06. The van der Waals surface area contributed by atoms with Crippen LogP contribution in [0.2, 0.25) is 5.02 Å². The van der Waals surface area contributed by atoms with Crippen molar-refractivity contribution in [2.24, 2.45) is 5.92 Å². The molecular weight excluding hydrogens is 319 g/mol. The molecule has 1 N–H and O–H groups in total. The van der Waals surface area contributed by atoms with Crippen LogP contribution in [0, 0.1) is 11.7 Å². The fourth-order valence-electron chi connectivity index (χ4n) is 3.38. The molecule has 2 atom stereocenters. The normalized spacial score (nSPS) is 24.0. The molecule has 0 bridgehead atoms. The Balaban J connectivity index is 1.57. The number of benzene rings is 1. The second-order valence-electron chi connectivity index (χ2n) is 6.21. The van der Waals surface area contributed by atoms with E-state index in [1.807, 2.05) is 0 Å². The van der Waals surface area contributed by atoms with Gasteiger partial charge in [-0.05, 0) is 24.1 Å². The van der Waals surface area contributed by atoms with Gasteiger partial charge in [0.2, 0.25) is 0 Å². The van der Waals surface area contributed by atoms with Gasteiger partial charge >= 0.3 is 0 Å². The average Bonchev–Trinajstić information content (AvgIpc) is 3.08. The standard InChI is InChI=1S/C17H24ClFN2O2/c18-16-9-15(19)2-1-13(16)10-20-11-17(14-3-6-23-12-14)21-4-7-22-8-5-21/h1-2,9,14,17,20H,3-8,10-12H2/t14-,17-/m0/s1. The summed E-state index contributed by atoms with van der Waals surface area (Å²) < 4.78 is 24.2. The Labute approximate surface area is 141 Å². The van der Waals surface area contributed by atoms with Gasteiger partial charge in [-0.2, -0.15) is 0 Å². The minimum Gasteiger partial charge on any atom is -0.381 e. The number of morpholine rings is 1. The number of ether oxygens (including phenoxy) is 2. The van der Waals surface area contributed by atoms with Crippen molar-refractivity contribution in [3.05, 3.63) is 34.6 Å². The first-order chi connectivity index (χ1) is 11.2. The zero-order valence-corrected chi connectivity index (χ0v) is 14.0. The lowest BCUT2D eigenvalue weighted by molar-refractivity contribution is 0.00137. The maximum Gasteiger partial charge on any atom is 0.124 e. The van der Waals surface area contributed by atoms with E-state index < -0.39 is 0 Å². The fourth-order valence-corrected chi connectivity index (χ4v) is 3.61. The van der Waals surface area contributed by atoms with Crippen LogP contribution in [0.1, 0.15) is 12.0 Å². The van der Waals surface area contributed by atoms with Crippen LogP contribution in [0.4, 0.5) is 4.39 Å². The van der Waals surface area contributed by atoms with Gasteiger partial charge in [-0.15, -0.1) is 0 Å². The summed E-state index contributed by atoms with van der Waals surface area (Å²) in [4.78, 5) is 2.50. The molecule has 2 fully saturated rings. The smallest absolute Gasteiger partial charge is 0.124 e. The number of hydrogen-bond donors (Lipinski definition) is 1. The number of nitrogens with one attached hydrogen (secondary N) is 1. The monoisotopic (exact) mass is 342 g/mol. The maximum absolute atomic E-state index is 13.1. The van der Waals surface area contributed by atoms with E-state index in [9.17, 15) is 4.39 Å². The predicted octanol–water partition coefficient (Wildman–Crippen LogP) is 2.31. The highest BCUT2D eigenvalue weighted by Crippen LogP contribution is 2.22. The van der Waals surface area contributed by atoms with Gasteiger partial charge in [0.1, 0.15) is 5.82 Å². The summed E-state index contributed by atoms with van der Waals surface area (Å²) in [6.45, 7) is 6.76. The molecule has 1 aromatic rings. The van der Waals surface area contributed by atoms with Crippen LogP contribution >= 0.6 is 11.6 Å². The third kappa shape index (κ3) is 4.64. The summed E-state index contributed by atoms with van der Waals surface area (Å²) in [5, 5.41) is 3.97. The zero-order chi connectivity index (χ0) is 16.1. The van der Waals surface area contributed by atoms with E-state index in [1.54, 1.807) is 6.07 Å². The second kappa shape index (κ2) is 8.40. The van der Waals surface area contributed by atoms with Crippen LogP contribution in [-0.2, 0) is 16.0 Å². The predicted molar refractivity (Wildman–Crippen MR) is 88.2 cm³/mol. The third-order valence-electron chi connectivity index (χ3n) is 4.71. The zero-order valence-electron chi connectivity index (χ0n) is 13.3. The topological polar surface area (TPSA) is 33.7 Å². The Morgan fingerprint density at radius 2 is 2.09 bits per heavy atom. The Morgan fingerprint density at radius 1 is 1.26 bits per heavy atom. The molecule has 0 aromatic heterocycles. The van der Waals surface area contributed by atoms with E-state index in [1.165, 1.54) is 12.1 Å². The molecule has 3 rings (SSSR count). The summed E-state index contributed by atoms with van der Waals surface area (Å²) >= 11 is 6.09. The van der Waals surface area contributed by atoms with Crippen LogP contribution in [0.15, 0.2) is 18.2 Å². The van der Waals surface area contributed by atoms with E-state index in [-0.39, 0.29) is 5.82 Å². The molecule has 0 spiro atoms. The van der Waals surface area contributed by atoms with Crippen LogP contribution in [0.5, 0.6) is 0 Å². The molecule has 2 aliphatic heterocycles. The molecule has 2 aliphatic rings. The highest BCUT2D eigenvalue weighted by molar-refractivity contribution is 6.31. The number of nitrogens with zero attached hydrogens (tertiary/aromatic N) is 1. The first-order valence-corrected chi connectivity index (χ1v) is 8.66. The van der Waals surface area contributed by atoms with Crippen LogP contribution in [0.3, 0.4) is 0 Å². The molecule has 0 unspecified atom stereocenters. The summed E-state index contributed by atoms with van der Waals surface area (Å²) in [7, 11) is 0. The van der Waals surface area contributed by atoms with Crippen molar-refractivity contribution < 1.29 is 13.9 Å². The van der Waals surface area contributed by atoms with E-state index in [0.717, 1.165) is 58.0 Å². The highest BCUT2D eigenvalue weighted by Gasteiger charge is 2.31. The molecular formula is C17H24ClFN2O2. The van der Waals surface area contributed by atoms with Gasteiger partial charge in [-0.3, -0.25) is 4.90 Å². The van der Waals surface area contributed by atoms with Gasteiger partial charge in [-0.1, -0.05) is 17.7 Å². The number of halogens is 2. The SMILES string of the molecule is Fc1ccc(CNC[C@@H]([C@H]2CCOC2)N2CCOCC2)c(Cl)c1. The van der Waals surface area contributed by atoms with Crippen LogP contribution < -0.4 is 5.32 Å². The van der Waals surface area contributed by atoms with Gasteiger partial charge in [-0.25, -0.2) is 4.39 Å². The molecule has 1 aromatic carbocycles. The van der Waals surface area contributed by atoms with Gasteiger partial charge in [0.05, 0.1) is 19.8 Å². The van der Waals surface area contributed by atoms with Crippen molar-refractivity contribution in [1.29, 1.82) is 0 Å². The lowest BCUT2D eigenvalue weighted by Gasteiger charge is -2.37. The molecule has 6 heteroatoms. The fraction of sp³-hybridized carbons (Fsp3) is 0.647. The Bertz CT molecular complexity index is 505. The van der Waals surface area contributed by atoms with Crippen molar-refractivity contribution in [2.45, 2.75) is 19.0 Å². The molecule has 0 aliphatic carbocycles. The molecule has 2 saturated heterocycles. The van der Waals surface area contributed by atoms with Gasteiger partial charge in [0, 0.05) is 49.8 Å². The molecule has 0 saturated carbocycles. The van der Waals surface area contributed by atoms with E-state index in [4.69, 9.17) is 21.1 Å². The van der Waals surface area contributed by atoms with Crippen molar-refractivity contribution in [2.75, 3.05) is 46.1 Å². The summed E-state index contributed by atoms with van der Waals surface area (Å²) in [6.07, 6.45) is 1.11. The van der Waals surface area contributed by atoms with E-state index in [0.29, 0.717) is 23.5 Å². The molecule has 4 nitrogen and oxygen atoms in total. The van der Waals surface area contributed by atoms with Gasteiger partial charge in [0.25, 0.3) is 0 Å². The van der Waals surface area contributed by atoms with Crippen LogP contribution in [-0.4, -0.2) is 57.0 Å². The lowest BCUT2D eigenvalue weighted by Crippen LogP contribution is -2.51. The van der Waals surface area contributed by atoms with Gasteiger partial charge < -0.3 is 14.8 Å². The Hall–Kier alpha value is -0.720. The molecule has 0 amide bonds. The minimum atomic E-state index is -0.298. The van der Waals surface area contributed by atoms with Crippen molar-refractivity contribution in [1.82, 2.24) is 10.2 Å². The Morgan fingerprint density at radius 3 is 2.78 bits per heavy atom. The summed E-state index contributed by atoms with van der Waals surface area (Å²) in [5.74, 6) is 0.261. The summed E-state index contributed by atoms with van der Waals surface area (Å²) in [5.41, 5.74) is 0.927. The quantitative estimate of drug-likeness (QED) is 0.860. The van der Waals surface area contributed by atoms with Crippen LogP contribution in [0.25, 0.3) is 0 Å². The first-order valence-electron chi connectivity index (χ1n) is 8.28. The van der Waals surface area contributed by atoms with Crippen molar-refractivity contribution in [3.63, 3.8) is 0 Å². The largest absolute Gasteiger partial charge is 0.381 e. The average molecular weight is 343 g/mol. The molecule has 128 valence electrons. The van der Waals surface area contributed by atoms with Crippen molar-refractivity contribution in [3.8, 4) is 0 Å².